The van der Waals surface area contributed by atoms with E-state index < -0.39 is 16.9 Å². The van der Waals surface area contributed by atoms with Crippen LogP contribution in [0.25, 0.3) is 0 Å². The van der Waals surface area contributed by atoms with Gasteiger partial charge in [-0.05, 0) is 36.5 Å². The third kappa shape index (κ3) is 3.18. The van der Waals surface area contributed by atoms with E-state index in [-0.39, 0.29) is 34.8 Å². The maximum atomic E-state index is 12.4. The number of hydrogen-bond acceptors (Lipinski definition) is 6. The highest BCUT2D eigenvalue weighted by Gasteiger charge is 2.38. The van der Waals surface area contributed by atoms with Crippen molar-refractivity contribution in [3.05, 3.63) is 67.4 Å². The van der Waals surface area contributed by atoms with Crippen molar-refractivity contribution in [2.24, 2.45) is 5.41 Å². The molecule has 1 aromatic carbocycles. The van der Waals surface area contributed by atoms with Crippen LogP contribution in [-0.2, 0) is 4.79 Å². The van der Waals surface area contributed by atoms with E-state index in [1.807, 2.05) is 58.9 Å². The minimum Gasteiger partial charge on any atom is -0.464 e. The number of hydrogen-bond donors (Lipinski definition) is 3. The standard InChI is InChI=1S/C23H27N3O4/c1-6-13-12-8-9-14(16(12)22(29)25-13)24-17-18(20(28)19(17)27)26-21(23(3,4)5)15-10-7-11(2)30-15/h7-10,13-14,21,24,26H,6H2,1-5H3,(H,25,29)/t13?,14?,21-/m0/s1. The van der Waals surface area contributed by atoms with Crippen LogP contribution in [0.4, 0.5) is 11.4 Å². The van der Waals surface area contributed by atoms with Crippen LogP contribution in [-0.4, -0.2) is 18.0 Å². The molecule has 0 fully saturated rings. The smallest absolute Gasteiger partial charge is 0.253 e. The topological polar surface area (TPSA) is 100 Å². The van der Waals surface area contributed by atoms with Crippen LogP contribution in [0.1, 0.15) is 51.7 Å². The Kier molecular flexibility index (Phi) is 4.71. The number of aryl methyl sites for hydroxylation is 1. The molecule has 2 unspecified atom stereocenters. The van der Waals surface area contributed by atoms with E-state index in [1.165, 1.54) is 0 Å². The summed E-state index contributed by atoms with van der Waals surface area (Å²) in [6.07, 6.45) is 4.58. The first-order valence-corrected chi connectivity index (χ1v) is 10.3. The predicted octanol–water partition coefficient (Wildman–Crippen LogP) is 2.94. The minimum atomic E-state index is -0.575. The van der Waals surface area contributed by atoms with Gasteiger partial charge in [0.25, 0.3) is 10.9 Å². The molecule has 4 rings (SSSR count). The zero-order valence-corrected chi connectivity index (χ0v) is 17.9. The molecule has 30 heavy (non-hydrogen) atoms. The summed E-state index contributed by atoms with van der Waals surface area (Å²) in [6, 6.07) is 3.01. The summed E-state index contributed by atoms with van der Waals surface area (Å²) in [5.74, 6) is 1.34. The van der Waals surface area contributed by atoms with Gasteiger partial charge in [-0.2, -0.15) is 0 Å². The molecule has 0 saturated carbocycles. The lowest BCUT2D eigenvalue weighted by atomic mass is 9.84. The number of furan rings is 1. The molecule has 2 aliphatic rings. The lowest BCUT2D eigenvalue weighted by Crippen LogP contribution is -2.42. The summed E-state index contributed by atoms with van der Waals surface area (Å²) in [5.41, 5.74) is 0.615. The lowest BCUT2D eigenvalue weighted by molar-refractivity contribution is -0.117. The van der Waals surface area contributed by atoms with Gasteiger partial charge < -0.3 is 20.4 Å². The monoisotopic (exact) mass is 409 g/mol. The summed E-state index contributed by atoms with van der Waals surface area (Å²) in [4.78, 5) is 37.1. The number of carbonyl (C=O) groups is 1. The molecule has 7 nitrogen and oxygen atoms in total. The Bertz CT molecular complexity index is 1140. The van der Waals surface area contributed by atoms with Gasteiger partial charge >= 0.3 is 0 Å². The Hall–Kier alpha value is -3.09. The predicted molar refractivity (Wildman–Crippen MR) is 116 cm³/mol. The summed E-state index contributed by atoms with van der Waals surface area (Å²) in [7, 11) is 0. The van der Waals surface area contributed by atoms with E-state index in [0.717, 1.165) is 17.8 Å². The largest absolute Gasteiger partial charge is 0.464 e. The highest BCUT2D eigenvalue weighted by atomic mass is 16.3. The second-order valence-electron chi connectivity index (χ2n) is 9.08. The number of carbonyl (C=O) groups excluding carboxylic acids is 1. The van der Waals surface area contributed by atoms with Crippen LogP contribution in [0.15, 0.2) is 49.4 Å². The Morgan fingerprint density at radius 2 is 1.83 bits per heavy atom. The second-order valence-corrected chi connectivity index (χ2v) is 9.08. The maximum absolute atomic E-state index is 12.4. The van der Waals surface area contributed by atoms with E-state index in [4.69, 9.17) is 4.42 Å². The summed E-state index contributed by atoms with van der Waals surface area (Å²) in [6.45, 7) is 9.97. The second kappa shape index (κ2) is 7.00. The van der Waals surface area contributed by atoms with E-state index in [1.54, 1.807) is 0 Å². The highest BCUT2D eigenvalue weighted by molar-refractivity contribution is 6.02. The first-order valence-electron chi connectivity index (χ1n) is 10.3. The molecule has 1 aliphatic heterocycles. The molecule has 0 saturated heterocycles. The van der Waals surface area contributed by atoms with Gasteiger partial charge in [-0.25, -0.2) is 0 Å². The summed E-state index contributed by atoms with van der Waals surface area (Å²) < 4.78 is 5.79. The normalized spacial score (nSPS) is 21.8. The van der Waals surface area contributed by atoms with Gasteiger partial charge in [0.1, 0.15) is 22.9 Å². The van der Waals surface area contributed by atoms with Crippen LogP contribution < -0.4 is 26.8 Å². The highest BCUT2D eigenvalue weighted by Crippen LogP contribution is 2.38. The van der Waals surface area contributed by atoms with Gasteiger partial charge in [0.05, 0.1) is 18.1 Å². The zero-order valence-electron chi connectivity index (χ0n) is 17.9. The molecule has 3 atom stereocenters. The Balaban J connectivity index is 1.62. The van der Waals surface area contributed by atoms with Gasteiger partial charge in [-0.3, -0.25) is 14.4 Å². The van der Waals surface area contributed by atoms with Crippen LogP contribution in [0.2, 0.25) is 0 Å². The molecule has 2 heterocycles. The molecule has 1 amide bonds. The Morgan fingerprint density at radius 1 is 1.13 bits per heavy atom. The molecular weight excluding hydrogens is 382 g/mol. The third-order valence-electron chi connectivity index (χ3n) is 5.83. The molecule has 0 radical (unpaired) electrons. The van der Waals surface area contributed by atoms with Crippen LogP contribution in [0.5, 0.6) is 0 Å². The molecule has 7 heteroatoms. The van der Waals surface area contributed by atoms with Crippen LogP contribution in [0, 0.1) is 12.3 Å². The van der Waals surface area contributed by atoms with Gasteiger partial charge in [-0.15, -0.1) is 0 Å². The molecule has 158 valence electrons. The lowest BCUT2D eigenvalue weighted by Gasteiger charge is -2.32. The van der Waals surface area contributed by atoms with E-state index in [9.17, 15) is 14.4 Å². The average molecular weight is 409 g/mol. The quantitative estimate of drug-likeness (QED) is 0.635. The zero-order chi connectivity index (χ0) is 21.8. The molecule has 0 bridgehead atoms. The first kappa shape index (κ1) is 20.2. The first-order chi connectivity index (χ1) is 14.1. The Labute approximate surface area is 174 Å². The minimum absolute atomic E-state index is 0.00619. The van der Waals surface area contributed by atoms with Crippen molar-refractivity contribution < 1.29 is 9.21 Å². The van der Waals surface area contributed by atoms with Crippen molar-refractivity contribution in [3.63, 3.8) is 0 Å². The number of anilines is 2. The van der Waals surface area contributed by atoms with Crippen molar-refractivity contribution in [2.45, 2.75) is 59.2 Å². The number of nitrogens with one attached hydrogen (secondary N) is 3. The van der Waals surface area contributed by atoms with Gasteiger partial charge in [0.2, 0.25) is 5.91 Å². The van der Waals surface area contributed by atoms with Crippen molar-refractivity contribution >= 4 is 17.3 Å². The molecule has 1 aromatic heterocycles. The Morgan fingerprint density at radius 3 is 2.43 bits per heavy atom. The van der Waals surface area contributed by atoms with E-state index in [0.29, 0.717) is 11.3 Å². The number of rotatable bonds is 6. The van der Waals surface area contributed by atoms with Crippen molar-refractivity contribution in [1.82, 2.24) is 5.32 Å². The molecule has 1 aliphatic carbocycles. The molecule has 3 N–H and O–H groups in total. The van der Waals surface area contributed by atoms with Crippen molar-refractivity contribution in [2.75, 3.05) is 10.6 Å². The third-order valence-corrected chi connectivity index (χ3v) is 5.83. The van der Waals surface area contributed by atoms with Crippen LogP contribution >= 0.6 is 0 Å². The summed E-state index contributed by atoms with van der Waals surface area (Å²) in [5, 5.41) is 9.30. The van der Waals surface area contributed by atoms with E-state index >= 15 is 0 Å². The van der Waals surface area contributed by atoms with Crippen molar-refractivity contribution in [1.29, 1.82) is 0 Å². The fourth-order valence-electron chi connectivity index (χ4n) is 4.19. The van der Waals surface area contributed by atoms with Gasteiger partial charge in [0, 0.05) is 5.57 Å². The SMILES string of the molecule is CCC1NC(=O)C2=C1C=CC2Nc1c(N[C@@H](c2ccc(C)o2)C(C)(C)C)c(=O)c1=O. The fraction of sp³-hybridized carbons (Fsp3) is 0.435. The molecule has 2 aromatic rings. The van der Waals surface area contributed by atoms with Crippen molar-refractivity contribution in [3.8, 4) is 0 Å². The van der Waals surface area contributed by atoms with Gasteiger partial charge in [-0.1, -0.05) is 39.8 Å². The molecular formula is C23H27N3O4. The van der Waals surface area contributed by atoms with Gasteiger partial charge in [0.15, 0.2) is 0 Å². The van der Waals surface area contributed by atoms with E-state index in [2.05, 4.69) is 16.0 Å². The fourth-order valence-corrected chi connectivity index (χ4v) is 4.19. The number of amides is 1. The average Bonchev–Trinajstić information content (AvgIpc) is 3.37. The summed E-state index contributed by atoms with van der Waals surface area (Å²) >= 11 is 0. The maximum Gasteiger partial charge on any atom is 0.253 e. The molecule has 0 spiro atoms. The van der Waals surface area contributed by atoms with Crippen LogP contribution in [0.3, 0.4) is 0 Å².